The van der Waals surface area contributed by atoms with Crippen molar-refractivity contribution in [2.75, 3.05) is 0 Å². The number of unbranched alkanes of at least 4 members (excludes halogenated alkanes) is 12. The molecule has 0 rings (SSSR count). The van der Waals surface area contributed by atoms with Gasteiger partial charge in [-0.25, -0.2) is 0 Å². The number of nitrogens with two attached hydrogens (primary N) is 2. The molecule has 0 spiro atoms. The number of rotatable bonds is 24. The molecule has 1 unspecified atom stereocenters. The van der Waals surface area contributed by atoms with Crippen molar-refractivity contribution in [1.29, 1.82) is 0 Å². The summed E-state index contributed by atoms with van der Waals surface area (Å²) in [6, 6.07) is 0. The first-order valence-electron chi connectivity index (χ1n) is 12.8. The Bertz CT molecular complexity index is 644. The molecule has 0 fully saturated rings. The van der Waals surface area contributed by atoms with Gasteiger partial charge in [0.1, 0.15) is 0 Å². The zero-order valence-electron chi connectivity index (χ0n) is 20.8. The first kappa shape index (κ1) is 32.4. The Hall–Kier alpha value is -2.65. The fourth-order valence-corrected chi connectivity index (χ4v) is 4.52. The Morgan fingerprint density at radius 1 is 0.486 bits per heavy atom. The van der Waals surface area contributed by atoms with E-state index in [1.165, 1.54) is 0 Å². The molecule has 0 aromatic heterocycles. The lowest BCUT2D eigenvalue weighted by Gasteiger charge is -2.30. The van der Waals surface area contributed by atoms with E-state index in [1.807, 2.05) is 0 Å². The number of aliphatic carboxylic acids is 3. The lowest BCUT2D eigenvalue weighted by molar-refractivity contribution is -0.181. The average Bonchev–Trinajstić information content (AvgIpc) is 2.75. The lowest BCUT2D eigenvalue weighted by atomic mass is 9.70. The summed E-state index contributed by atoms with van der Waals surface area (Å²) in [6.45, 7) is 0. The molecule has 35 heavy (non-hydrogen) atoms. The second-order valence-corrected chi connectivity index (χ2v) is 9.38. The Kier molecular flexibility index (Phi) is 17.2. The highest BCUT2D eigenvalue weighted by molar-refractivity contribution is 6.16. The van der Waals surface area contributed by atoms with Crippen LogP contribution in [0.25, 0.3) is 0 Å². The quantitative estimate of drug-likeness (QED) is 0.0972. The van der Waals surface area contributed by atoms with Crippen molar-refractivity contribution < 1.29 is 39.3 Å². The maximum Gasteiger partial charge on any atom is 0.333 e. The number of carboxylic acid groups (broad SMARTS) is 3. The number of carbonyl (C=O) groups is 5. The molecule has 10 heteroatoms. The van der Waals surface area contributed by atoms with Crippen molar-refractivity contribution in [3.05, 3.63) is 0 Å². The number of amides is 2. The SMILES string of the molecule is NC(=O)CCCCCCCCCCCCC(CCCCCCC(N)=O)C(C(=O)O)(C(=O)O)C(=O)O. The summed E-state index contributed by atoms with van der Waals surface area (Å²) in [6.07, 6.45) is 12.9. The minimum Gasteiger partial charge on any atom is -0.480 e. The van der Waals surface area contributed by atoms with Crippen molar-refractivity contribution in [2.45, 2.75) is 116 Å². The van der Waals surface area contributed by atoms with Gasteiger partial charge in [0.05, 0.1) is 0 Å². The average molecular weight is 501 g/mol. The third kappa shape index (κ3) is 13.1. The van der Waals surface area contributed by atoms with Crippen LogP contribution in [0.2, 0.25) is 0 Å². The van der Waals surface area contributed by atoms with E-state index < -0.39 is 35.1 Å². The maximum absolute atomic E-state index is 11.9. The summed E-state index contributed by atoms with van der Waals surface area (Å²) in [5, 5.41) is 28.8. The summed E-state index contributed by atoms with van der Waals surface area (Å²) in [5.41, 5.74) is 7.35. The summed E-state index contributed by atoms with van der Waals surface area (Å²) >= 11 is 0. The Morgan fingerprint density at radius 2 is 0.743 bits per heavy atom. The number of primary amides is 2. The minimum absolute atomic E-state index is 0.178. The smallest absolute Gasteiger partial charge is 0.333 e. The van der Waals surface area contributed by atoms with Crippen LogP contribution in [0, 0.1) is 11.3 Å². The van der Waals surface area contributed by atoms with Crippen LogP contribution in [0.4, 0.5) is 0 Å². The summed E-state index contributed by atoms with van der Waals surface area (Å²) < 4.78 is 0. The van der Waals surface area contributed by atoms with Crippen molar-refractivity contribution in [2.24, 2.45) is 22.8 Å². The molecule has 0 aromatic carbocycles. The minimum atomic E-state index is -2.86. The molecule has 7 N–H and O–H groups in total. The van der Waals surface area contributed by atoms with E-state index in [4.69, 9.17) is 11.5 Å². The largest absolute Gasteiger partial charge is 0.480 e. The van der Waals surface area contributed by atoms with Crippen LogP contribution >= 0.6 is 0 Å². The molecule has 0 aliphatic carbocycles. The summed E-state index contributed by atoms with van der Waals surface area (Å²) in [4.78, 5) is 57.1. The standard InChI is InChI=1S/C25H44N2O8/c26-20(28)17-13-8-6-4-2-1-3-5-7-11-15-19(16-12-9-10-14-18-21(27)29)25(22(30)31,23(32)33)24(34)35/h19H,1-18H2,(H2,26,28)(H2,27,29)(H,30,31)(H,32,33)(H,34,35). The number of hydrogen-bond acceptors (Lipinski definition) is 5. The van der Waals surface area contributed by atoms with Gasteiger partial charge in [0.15, 0.2) is 0 Å². The van der Waals surface area contributed by atoms with Gasteiger partial charge in [0, 0.05) is 12.8 Å². The highest BCUT2D eigenvalue weighted by atomic mass is 16.4. The Morgan fingerprint density at radius 3 is 1.00 bits per heavy atom. The van der Waals surface area contributed by atoms with E-state index >= 15 is 0 Å². The second kappa shape index (κ2) is 18.6. The fraction of sp³-hybridized carbons (Fsp3) is 0.800. The molecular weight excluding hydrogens is 456 g/mol. The molecule has 0 bridgehead atoms. The summed E-state index contributed by atoms with van der Waals surface area (Å²) in [5.74, 6) is -7.21. The molecule has 0 saturated heterocycles. The van der Waals surface area contributed by atoms with E-state index in [-0.39, 0.29) is 25.2 Å². The van der Waals surface area contributed by atoms with Crippen LogP contribution in [0.15, 0.2) is 0 Å². The van der Waals surface area contributed by atoms with Gasteiger partial charge in [0.2, 0.25) is 11.8 Å². The van der Waals surface area contributed by atoms with Crippen molar-refractivity contribution in [3.63, 3.8) is 0 Å². The normalized spacial score (nSPS) is 12.2. The van der Waals surface area contributed by atoms with Gasteiger partial charge in [0.25, 0.3) is 5.41 Å². The first-order chi connectivity index (χ1) is 16.6. The zero-order chi connectivity index (χ0) is 26.7. The monoisotopic (exact) mass is 500 g/mol. The molecule has 1 atom stereocenters. The van der Waals surface area contributed by atoms with Crippen LogP contribution in [0.3, 0.4) is 0 Å². The predicted molar refractivity (Wildman–Crippen MR) is 130 cm³/mol. The molecule has 10 nitrogen and oxygen atoms in total. The van der Waals surface area contributed by atoms with Crippen LogP contribution in [-0.4, -0.2) is 45.0 Å². The first-order valence-corrected chi connectivity index (χ1v) is 12.8. The molecule has 2 amide bonds. The van der Waals surface area contributed by atoms with Gasteiger partial charge in [-0.05, 0) is 31.6 Å². The number of hydrogen-bond donors (Lipinski definition) is 5. The highest BCUT2D eigenvalue weighted by Gasteiger charge is 2.59. The van der Waals surface area contributed by atoms with E-state index in [9.17, 15) is 39.3 Å². The van der Waals surface area contributed by atoms with Crippen LogP contribution in [-0.2, 0) is 24.0 Å². The van der Waals surface area contributed by atoms with E-state index in [0.29, 0.717) is 38.5 Å². The highest BCUT2D eigenvalue weighted by Crippen LogP contribution is 2.37. The predicted octanol–water partition coefficient (Wildman–Crippen LogP) is 3.84. The van der Waals surface area contributed by atoms with Crippen molar-refractivity contribution in [1.82, 2.24) is 0 Å². The van der Waals surface area contributed by atoms with Crippen molar-refractivity contribution >= 4 is 29.7 Å². The van der Waals surface area contributed by atoms with E-state index in [1.54, 1.807) is 0 Å². The lowest BCUT2D eigenvalue weighted by Crippen LogP contribution is -2.52. The Balaban J connectivity index is 4.55. The van der Waals surface area contributed by atoms with E-state index in [2.05, 4.69) is 0 Å². The molecule has 0 aliphatic rings. The second-order valence-electron chi connectivity index (χ2n) is 9.38. The van der Waals surface area contributed by atoms with Crippen LogP contribution < -0.4 is 11.5 Å². The third-order valence-electron chi connectivity index (χ3n) is 6.58. The Labute approximate surface area is 207 Å². The van der Waals surface area contributed by atoms with Gasteiger partial charge >= 0.3 is 17.9 Å². The molecule has 0 aromatic rings. The van der Waals surface area contributed by atoms with Gasteiger partial charge in [-0.1, -0.05) is 77.0 Å². The third-order valence-corrected chi connectivity index (χ3v) is 6.58. The van der Waals surface area contributed by atoms with Gasteiger partial charge in [-0.15, -0.1) is 0 Å². The van der Waals surface area contributed by atoms with Gasteiger partial charge in [-0.3, -0.25) is 24.0 Å². The molecule has 0 aliphatic heterocycles. The topological polar surface area (TPSA) is 198 Å². The molecule has 0 radical (unpaired) electrons. The molecular formula is C25H44N2O8. The van der Waals surface area contributed by atoms with Gasteiger partial charge < -0.3 is 26.8 Å². The molecule has 0 saturated carbocycles. The number of carbonyl (C=O) groups excluding carboxylic acids is 2. The zero-order valence-corrected chi connectivity index (χ0v) is 20.8. The van der Waals surface area contributed by atoms with Crippen LogP contribution in [0.5, 0.6) is 0 Å². The fourth-order valence-electron chi connectivity index (χ4n) is 4.52. The van der Waals surface area contributed by atoms with E-state index in [0.717, 1.165) is 57.8 Å². The molecule has 202 valence electrons. The van der Waals surface area contributed by atoms with Crippen LogP contribution in [0.1, 0.15) is 116 Å². The maximum atomic E-state index is 11.9. The number of carboxylic acids is 3. The van der Waals surface area contributed by atoms with Crippen molar-refractivity contribution in [3.8, 4) is 0 Å². The molecule has 0 heterocycles. The summed E-state index contributed by atoms with van der Waals surface area (Å²) in [7, 11) is 0. The van der Waals surface area contributed by atoms with Gasteiger partial charge in [-0.2, -0.15) is 0 Å².